The molecular formula is C26H34N2O4. The summed E-state index contributed by atoms with van der Waals surface area (Å²) in [4.78, 5) is 4.63. The van der Waals surface area contributed by atoms with Crippen LogP contribution >= 0.6 is 0 Å². The molecule has 0 aliphatic carbocycles. The molecule has 0 radical (unpaired) electrons. The van der Waals surface area contributed by atoms with E-state index in [1.807, 2.05) is 33.8 Å². The van der Waals surface area contributed by atoms with Crippen LogP contribution in [0.2, 0.25) is 0 Å². The fraction of sp³-hybridized carbons (Fsp3) is 0.538. The second kappa shape index (κ2) is 7.45. The minimum Gasteiger partial charge on any atom is -0.365 e. The molecule has 3 heterocycles. The number of anilines is 2. The predicted octanol–water partition coefficient (Wildman–Crippen LogP) is 4.36. The van der Waals surface area contributed by atoms with Gasteiger partial charge in [0.05, 0.1) is 25.3 Å². The summed E-state index contributed by atoms with van der Waals surface area (Å²) >= 11 is 0. The number of ether oxygens (including phenoxy) is 4. The first kappa shape index (κ1) is 21.7. The Morgan fingerprint density at radius 1 is 0.906 bits per heavy atom. The van der Waals surface area contributed by atoms with Crippen molar-refractivity contribution in [3.8, 4) is 0 Å². The van der Waals surface area contributed by atoms with Gasteiger partial charge in [-0.05, 0) is 45.9 Å². The van der Waals surface area contributed by atoms with E-state index in [1.165, 1.54) is 11.3 Å². The van der Waals surface area contributed by atoms with Crippen LogP contribution in [0.25, 0.3) is 0 Å². The van der Waals surface area contributed by atoms with Crippen molar-refractivity contribution in [3.63, 3.8) is 0 Å². The van der Waals surface area contributed by atoms with Gasteiger partial charge in [-0.1, -0.05) is 36.4 Å². The third-order valence-electron chi connectivity index (χ3n) is 7.01. The zero-order valence-electron chi connectivity index (χ0n) is 19.9. The minimum atomic E-state index is -0.698. The molecule has 0 unspecified atom stereocenters. The van der Waals surface area contributed by atoms with Gasteiger partial charge in [-0.3, -0.25) is 0 Å². The first-order chi connectivity index (χ1) is 15.1. The molecule has 2 aromatic carbocycles. The summed E-state index contributed by atoms with van der Waals surface area (Å²) in [6, 6.07) is 18.9. The molecule has 4 atom stereocenters. The first-order valence-corrected chi connectivity index (χ1v) is 11.4. The normalized spacial score (nSPS) is 32.8. The zero-order chi connectivity index (χ0) is 22.7. The Balaban J connectivity index is 1.70. The van der Waals surface area contributed by atoms with Crippen molar-refractivity contribution in [2.45, 2.75) is 63.1 Å². The largest absolute Gasteiger partial charge is 0.365 e. The average molecular weight is 439 g/mol. The van der Waals surface area contributed by atoms with Gasteiger partial charge in [0.2, 0.25) is 0 Å². The first-order valence-electron chi connectivity index (χ1n) is 11.4. The maximum absolute atomic E-state index is 6.91. The highest BCUT2D eigenvalue weighted by atomic mass is 16.8. The summed E-state index contributed by atoms with van der Waals surface area (Å²) in [5, 5.41) is 0. The lowest BCUT2D eigenvalue weighted by Crippen LogP contribution is -2.68. The molecule has 3 aliphatic rings. The number of hydrogen-bond donors (Lipinski definition) is 0. The van der Waals surface area contributed by atoms with Crippen molar-refractivity contribution in [1.29, 1.82) is 0 Å². The summed E-state index contributed by atoms with van der Waals surface area (Å²) in [5.41, 5.74) is 2.87. The Bertz CT molecular complexity index is 979. The topological polar surface area (TPSA) is 43.4 Å². The van der Waals surface area contributed by atoms with Gasteiger partial charge in [-0.15, -0.1) is 0 Å². The number of fused-ring (bicyclic) bond motifs is 1. The van der Waals surface area contributed by atoms with Crippen molar-refractivity contribution < 1.29 is 18.9 Å². The average Bonchev–Trinajstić information content (AvgIpc) is 3.27. The molecule has 0 bridgehead atoms. The lowest BCUT2D eigenvalue weighted by molar-refractivity contribution is -0.187. The Hall–Kier alpha value is -2.12. The molecular weight excluding hydrogens is 404 g/mol. The van der Waals surface area contributed by atoms with E-state index < -0.39 is 17.2 Å². The van der Waals surface area contributed by atoms with E-state index in [0.29, 0.717) is 13.2 Å². The maximum Gasteiger partial charge on any atom is 0.163 e. The smallest absolute Gasteiger partial charge is 0.163 e. The van der Waals surface area contributed by atoms with E-state index in [-0.39, 0.29) is 18.2 Å². The van der Waals surface area contributed by atoms with E-state index in [4.69, 9.17) is 18.9 Å². The number of hydrogen-bond acceptors (Lipinski definition) is 6. The standard InChI is InChI=1S/C26H34N2O4/c1-24(2)29-16-21(31-24)23-26(17-30-25(3,4)32-26)22(27(5)18-12-8-7-9-13-18)19-14-10-11-15-20(19)28(23)6/h7-15,21-23H,16-17H2,1-6H3/t21-,22-,23+,26-/m1/s1. The second-order valence-corrected chi connectivity index (χ2v) is 10.1. The van der Waals surface area contributed by atoms with Crippen molar-refractivity contribution in [1.82, 2.24) is 0 Å². The molecule has 5 rings (SSSR count). The third kappa shape index (κ3) is 3.41. The molecule has 172 valence electrons. The Kier molecular flexibility index (Phi) is 5.06. The van der Waals surface area contributed by atoms with Crippen LogP contribution in [0, 0.1) is 0 Å². The van der Waals surface area contributed by atoms with Crippen molar-refractivity contribution >= 4 is 11.4 Å². The lowest BCUT2D eigenvalue weighted by Gasteiger charge is -2.55. The summed E-state index contributed by atoms with van der Waals surface area (Å²) in [5.74, 6) is -1.32. The number of para-hydroxylation sites is 2. The summed E-state index contributed by atoms with van der Waals surface area (Å²) in [6.07, 6.45) is -0.160. The maximum atomic E-state index is 6.91. The number of rotatable bonds is 3. The second-order valence-electron chi connectivity index (χ2n) is 10.1. The number of nitrogens with zero attached hydrogens (tertiary/aromatic N) is 2. The van der Waals surface area contributed by atoms with Gasteiger partial charge in [0.25, 0.3) is 0 Å². The van der Waals surface area contributed by atoms with Gasteiger partial charge < -0.3 is 28.7 Å². The molecule has 1 spiro atoms. The molecule has 0 saturated carbocycles. The number of benzene rings is 2. The fourth-order valence-corrected chi connectivity index (χ4v) is 5.81. The molecule has 0 aromatic heterocycles. The van der Waals surface area contributed by atoms with Gasteiger partial charge >= 0.3 is 0 Å². The van der Waals surface area contributed by atoms with Gasteiger partial charge in [0, 0.05) is 31.0 Å². The highest BCUT2D eigenvalue weighted by molar-refractivity contribution is 5.64. The Labute approximate surface area is 191 Å². The van der Waals surface area contributed by atoms with Crippen LogP contribution in [0.5, 0.6) is 0 Å². The van der Waals surface area contributed by atoms with E-state index in [1.54, 1.807) is 0 Å². The monoisotopic (exact) mass is 438 g/mol. The van der Waals surface area contributed by atoms with Crippen LogP contribution in [-0.2, 0) is 18.9 Å². The number of likely N-dealkylation sites (N-methyl/N-ethyl adjacent to an activating group) is 2. The summed E-state index contributed by atoms with van der Waals surface area (Å²) < 4.78 is 25.7. The third-order valence-corrected chi connectivity index (χ3v) is 7.01. The van der Waals surface area contributed by atoms with Crippen LogP contribution < -0.4 is 9.80 Å². The molecule has 2 aromatic rings. The van der Waals surface area contributed by atoms with Crippen molar-refractivity contribution in [2.24, 2.45) is 0 Å². The van der Waals surface area contributed by atoms with E-state index in [2.05, 4.69) is 72.4 Å². The van der Waals surface area contributed by atoms with Crippen LogP contribution in [0.1, 0.15) is 39.3 Å². The Morgan fingerprint density at radius 3 is 2.22 bits per heavy atom. The summed E-state index contributed by atoms with van der Waals surface area (Å²) in [6.45, 7) is 8.91. The van der Waals surface area contributed by atoms with Crippen molar-refractivity contribution in [2.75, 3.05) is 37.1 Å². The van der Waals surface area contributed by atoms with Crippen LogP contribution in [0.4, 0.5) is 11.4 Å². The quantitative estimate of drug-likeness (QED) is 0.710. The van der Waals surface area contributed by atoms with Crippen LogP contribution in [0.15, 0.2) is 54.6 Å². The molecule has 32 heavy (non-hydrogen) atoms. The molecule has 3 aliphatic heterocycles. The molecule has 2 saturated heterocycles. The zero-order valence-corrected chi connectivity index (χ0v) is 19.9. The summed E-state index contributed by atoms with van der Waals surface area (Å²) in [7, 11) is 4.28. The molecule has 0 N–H and O–H groups in total. The van der Waals surface area contributed by atoms with Gasteiger partial charge in [-0.25, -0.2) is 0 Å². The van der Waals surface area contributed by atoms with Gasteiger partial charge in [0.1, 0.15) is 11.7 Å². The SMILES string of the molecule is CN1c2ccccc2[C@@H](N(C)c2ccccc2)[C@]2(COC(C)(C)O2)[C@@H]1[C@H]1COC(C)(C)O1. The van der Waals surface area contributed by atoms with Gasteiger partial charge in [0.15, 0.2) is 11.6 Å². The fourth-order valence-electron chi connectivity index (χ4n) is 5.81. The lowest BCUT2D eigenvalue weighted by atomic mass is 9.74. The van der Waals surface area contributed by atoms with E-state index >= 15 is 0 Å². The molecule has 0 amide bonds. The van der Waals surface area contributed by atoms with Crippen LogP contribution in [-0.4, -0.2) is 56.6 Å². The molecule has 6 nitrogen and oxygen atoms in total. The van der Waals surface area contributed by atoms with Crippen LogP contribution in [0.3, 0.4) is 0 Å². The van der Waals surface area contributed by atoms with E-state index in [9.17, 15) is 0 Å². The predicted molar refractivity (Wildman–Crippen MR) is 125 cm³/mol. The van der Waals surface area contributed by atoms with Gasteiger partial charge in [-0.2, -0.15) is 0 Å². The minimum absolute atomic E-state index is 0.0728. The highest BCUT2D eigenvalue weighted by Crippen LogP contribution is 2.54. The molecule has 2 fully saturated rings. The Morgan fingerprint density at radius 2 is 1.59 bits per heavy atom. The highest BCUT2D eigenvalue weighted by Gasteiger charge is 2.64. The van der Waals surface area contributed by atoms with E-state index in [0.717, 1.165) is 5.69 Å². The van der Waals surface area contributed by atoms with Crippen molar-refractivity contribution in [3.05, 3.63) is 60.2 Å². The molecule has 6 heteroatoms.